The van der Waals surface area contributed by atoms with E-state index in [2.05, 4.69) is 25.6 Å². The van der Waals surface area contributed by atoms with Gasteiger partial charge in [-0.05, 0) is 19.6 Å². The maximum absolute atomic E-state index is 5.69. The van der Waals surface area contributed by atoms with E-state index < -0.39 is 8.32 Å². The van der Waals surface area contributed by atoms with Crippen LogP contribution in [-0.4, -0.2) is 107 Å². The molecule has 0 aromatic rings. The van der Waals surface area contributed by atoms with Crippen molar-refractivity contribution >= 4 is 8.32 Å². The van der Waals surface area contributed by atoms with Crippen LogP contribution in [0, 0.1) is 12.3 Å². The Morgan fingerprint density at radius 3 is 1.03 bits per heavy atom. The van der Waals surface area contributed by atoms with Gasteiger partial charge in [0.15, 0.2) is 8.32 Å². The third-order valence-corrected chi connectivity index (χ3v) is 4.25. The van der Waals surface area contributed by atoms with Crippen LogP contribution in [0.15, 0.2) is 0 Å². The highest BCUT2D eigenvalue weighted by Crippen LogP contribution is 2.01. The molecule has 0 heterocycles. The Hall–Kier alpha value is -0.543. The van der Waals surface area contributed by atoms with Crippen molar-refractivity contribution < 1.29 is 37.6 Å². The van der Waals surface area contributed by atoms with Crippen molar-refractivity contribution in [3.8, 4) is 12.3 Å². The van der Waals surface area contributed by atoms with E-state index in [0.29, 0.717) is 99.1 Å². The summed E-state index contributed by atoms with van der Waals surface area (Å²) >= 11 is 0. The van der Waals surface area contributed by atoms with Crippen molar-refractivity contribution in [3.63, 3.8) is 0 Å². The minimum absolute atomic E-state index is 0.318. The highest BCUT2D eigenvalue weighted by atomic mass is 28.4. The van der Waals surface area contributed by atoms with Crippen molar-refractivity contribution in [1.82, 2.24) is 0 Å². The quantitative estimate of drug-likeness (QED) is 0.136. The number of hydrogen-bond donors (Lipinski definition) is 0. The molecule has 0 amide bonds. The largest absolute Gasteiger partial charge is 0.415 e. The molecule has 0 atom stereocenters. The van der Waals surface area contributed by atoms with Gasteiger partial charge in [0.1, 0.15) is 6.61 Å². The van der Waals surface area contributed by atoms with Gasteiger partial charge in [0.2, 0.25) is 0 Å². The average molecular weight is 437 g/mol. The fraction of sp³-hybridized carbons (Fsp3) is 0.900. The van der Waals surface area contributed by atoms with Crippen LogP contribution in [0.1, 0.15) is 0 Å². The van der Waals surface area contributed by atoms with Crippen molar-refractivity contribution in [2.24, 2.45) is 0 Å². The van der Waals surface area contributed by atoms with Gasteiger partial charge < -0.3 is 37.6 Å². The molecule has 0 aliphatic rings. The van der Waals surface area contributed by atoms with Crippen LogP contribution in [0.2, 0.25) is 19.6 Å². The average Bonchev–Trinajstić information content (AvgIpc) is 2.67. The zero-order valence-corrected chi connectivity index (χ0v) is 19.4. The maximum Gasteiger partial charge on any atom is 0.183 e. The summed E-state index contributed by atoms with van der Waals surface area (Å²) in [6, 6.07) is 0. The van der Waals surface area contributed by atoms with Gasteiger partial charge in [-0.3, -0.25) is 0 Å². The van der Waals surface area contributed by atoms with Gasteiger partial charge in [-0.15, -0.1) is 6.42 Å². The summed E-state index contributed by atoms with van der Waals surface area (Å²) in [6.07, 6.45) is 5.06. The van der Waals surface area contributed by atoms with Crippen LogP contribution >= 0.6 is 0 Å². The number of terminal acetylenes is 1. The second-order valence-corrected chi connectivity index (χ2v) is 11.4. The number of hydrogen-bond acceptors (Lipinski definition) is 8. The molecule has 8 nitrogen and oxygen atoms in total. The van der Waals surface area contributed by atoms with Gasteiger partial charge in [-0.2, -0.15) is 0 Å². The molecule has 9 heteroatoms. The summed E-state index contributed by atoms with van der Waals surface area (Å²) in [4.78, 5) is 0. The minimum Gasteiger partial charge on any atom is -0.415 e. The molecular formula is C20H40O8Si. The molecule has 172 valence electrons. The first kappa shape index (κ1) is 28.5. The lowest BCUT2D eigenvalue weighted by molar-refractivity contribution is -0.0205. The van der Waals surface area contributed by atoms with E-state index in [1.165, 1.54) is 0 Å². The van der Waals surface area contributed by atoms with Crippen LogP contribution in [-0.2, 0) is 37.6 Å². The highest BCUT2D eigenvalue weighted by Gasteiger charge is 2.12. The molecule has 0 radical (unpaired) electrons. The summed E-state index contributed by atoms with van der Waals surface area (Å²) in [5.41, 5.74) is 0. The molecule has 0 fully saturated rings. The zero-order chi connectivity index (χ0) is 21.5. The van der Waals surface area contributed by atoms with E-state index in [4.69, 9.17) is 44.0 Å². The standard InChI is InChI=1S/C20H40O8Si/c1-5-6-21-7-8-22-9-10-23-11-12-24-13-14-25-15-16-26-17-18-27-19-20-28-29(2,3)4/h1H,6-20H2,2-4H3. The van der Waals surface area contributed by atoms with Gasteiger partial charge in [0.25, 0.3) is 0 Å². The molecule has 0 aromatic carbocycles. The molecule has 0 aliphatic carbocycles. The summed E-state index contributed by atoms with van der Waals surface area (Å²) in [5, 5.41) is 0. The molecule has 0 spiro atoms. The van der Waals surface area contributed by atoms with Crippen LogP contribution in [0.5, 0.6) is 0 Å². The van der Waals surface area contributed by atoms with Crippen molar-refractivity contribution in [2.45, 2.75) is 19.6 Å². The van der Waals surface area contributed by atoms with Crippen molar-refractivity contribution in [2.75, 3.05) is 99.1 Å². The molecule has 29 heavy (non-hydrogen) atoms. The lowest BCUT2D eigenvalue weighted by atomic mass is 10.6. The van der Waals surface area contributed by atoms with Gasteiger partial charge >= 0.3 is 0 Å². The topological polar surface area (TPSA) is 73.8 Å². The molecule has 0 saturated heterocycles. The Bertz CT molecular complexity index is 370. The monoisotopic (exact) mass is 436 g/mol. The second kappa shape index (κ2) is 22.1. The van der Waals surface area contributed by atoms with Gasteiger partial charge in [0, 0.05) is 0 Å². The third kappa shape index (κ3) is 27.5. The summed E-state index contributed by atoms with van der Waals surface area (Å²) in [7, 11) is -1.43. The smallest absolute Gasteiger partial charge is 0.183 e. The first-order valence-electron chi connectivity index (χ1n) is 10.2. The van der Waals surface area contributed by atoms with Crippen molar-refractivity contribution in [3.05, 3.63) is 0 Å². The van der Waals surface area contributed by atoms with Gasteiger partial charge in [-0.1, -0.05) is 5.92 Å². The van der Waals surface area contributed by atoms with Gasteiger partial charge in [-0.25, -0.2) is 0 Å². The van der Waals surface area contributed by atoms with Gasteiger partial charge in [0.05, 0.1) is 92.5 Å². The fourth-order valence-electron chi connectivity index (χ4n) is 1.86. The van der Waals surface area contributed by atoms with E-state index >= 15 is 0 Å². The highest BCUT2D eigenvalue weighted by molar-refractivity contribution is 6.69. The molecule has 0 rings (SSSR count). The van der Waals surface area contributed by atoms with E-state index in [9.17, 15) is 0 Å². The van der Waals surface area contributed by atoms with E-state index in [1.807, 2.05) is 0 Å². The predicted octanol–water partition coefficient (Wildman–Crippen LogP) is 1.59. The molecule has 0 aromatic heterocycles. The summed E-state index contributed by atoms with van der Waals surface area (Å²) < 4.78 is 43.2. The molecule has 0 saturated carbocycles. The Balaban J connectivity index is 3.03. The Kier molecular flexibility index (Phi) is 21.7. The number of rotatable bonds is 23. The van der Waals surface area contributed by atoms with Crippen LogP contribution in [0.25, 0.3) is 0 Å². The van der Waals surface area contributed by atoms with E-state index in [1.54, 1.807) is 0 Å². The van der Waals surface area contributed by atoms with Crippen LogP contribution in [0.4, 0.5) is 0 Å². The Labute approximate surface area is 177 Å². The fourth-order valence-corrected chi connectivity index (χ4v) is 2.55. The van der Waals surface area contributed by atoms with E-state index in [0.717, 1.165) is 0 Å². The molecular weight excluding hydrogens is 396 g/mol. The molecule has 0 bridgehead atoms. The Morgan fingerprint density at radius 2 is 0.759 bits per heavy atom. The summed E-state index contributed by atoms with van der Waals surface area (Å²) in [6.45, 7) is 14.5. The van der Waals surface area contributed by atoms with Crippen molar-refractivity contribution in [1.29, 1.82) is 0 Å². The molecule has 0 N–H and O–H groups in total. The van der Waals surface area contributed by atoms with Crippen LogP contribution < -0.4 is 0 Å². The zero-order valence-electron chi connectivity index (χ0n) is 18.4. The Morgan fingerprint density at radius 1 is 0.483 bits per heavy atom. The summed E-state index contributed by atoms with van der Waals surface area (Å²) in [5.74, 6) is 2.39. The lowest BCUT2D eigenvalue weighted by Crippen LogP contribution is -2.27. The molecule has 0 aliphatic heterocycles. The van der Waals surface area contributed by atoms with E-state index in [-0.39, 0.29) is 0 Å². The normalized spacial score (nSPS) is 11.7. The maximum atomic E-state index is 5.69. The predicted molar refractivity (Wildman–Crippen MR) is 114 cm³/mol. The SMILES string of the molecule is C#CCOCCOCCOCCOCCOCCOCCOCCO[Si](C)(C)C. The second-order valence-electron chi connectivity index (χ2n) is 6.89. The minimum atomic E-state index is -1.43. The number of ether oxygens (including phenoxy) is 7. The third-order valence-electron chi connectivity index (χ3n) is 3.18. The first-order chi connectivity index (χ1) is 14.1. The first-order valence-corrected chi connectivity index (χ1v) is 13.6. The van der Waals surface area contributed by atoms with Crippen LogP contribution in [0.3, 0.4) is 0 Å². The molecule has 0 unspecified atom stereocenters. The lowest BCUT2D eigenvalue weighted by Gasteiger charge is -2.16.